The minimum Gasteiger partial charge on any atom is -1.00 e. The van der Waals surface area contributed by atoms with Gasteiger partial charge in [-0.2, -0.15) is 0 Å². The standard InChI is InChI=1S/C16H13ClN2O2S.ClH/c1-18-15(20)11-5-3-4-6-13(11)22-14-8-7-10(17)9-12(14)16(21)19(22)2;/h3-9H,1-2H3;1H. The molecule has 1 amide bonds. The van der Waals surface area contributed by atoms with Crippen molar-refractivity contribution in [1.82, 2.24) is 9.27 Å². The molecule has 0 radical (unpaired) electrons. The Hall–Kier alpha value is -1.82. The first kappa shape index (κ1) is 17.5. The molecule has 1 atom stereocenters. The number of amides is 1. The van der Waals surface area contributed by atoms with Gasteiger partial charge in [0, 0.05) is 24.2 Å². The predicted molar refractivity (Wildman–Crippen MR) is 91.4 cm³/mol. The van der Waals surface area contributed by atoms with E-state index in [1.165, 1.54) is 0 Å². The molecule has 0 aliphatic carbocycles. The maximum atomic E-state index is 12.5. The number of nitrogens with one attached hydrogen (secondary N) is 1. The third-order valence-corrected chi connectivity index (χ3v) is 6.00. The molecule has 1 N–H and O–H groups in total. The number of nitrogens with zero attached hydrogens (tertiary/aromatic N) is 1. The normalized spacial score (nSPS) is 11.2. The number of aromatic nitrogens is 1. The first-order chi connectivity index (χ1) is 10.5. The fourth-order valence-corrected chi connectivity index (χ4v) is 4.85. The summed E-state index contributed by atoms with van der Waals surface area (Å²) >= 11 is 6.00. The Morgan fingerprint density at radius 2 is 1.91 bits per heavy atom. The van der Waals surface area contributed by atoms with Gasteiger partial charge in [0.15, 0.2) is 0 Å². The average molecular weight is 369 g/mol. The van der Waals surface area contributed by atoms with Crippen LogP contribution in [0.1, 0.15) is 10.4 Å². The van der Waals surface area contributed by atoms with Crippen molar-refractivity contribution < 1.29 is 17.2 Å². The maximum Gasteiger partial charge on any atom is 0.304 e. The summed E-state index contributed by atoms with van der Waals surface area (Å²) in [7, 11) is 2.73. The van der Waals surface area contributed by atoms with Crippen LogP contribution in [0.2, 0.25) is 5.02 Å². The monoisotopic (exact) mass is 368 g/mol. The van der Waals surface area contributed by atoms with Gasteiger partial charge in [0.1, 0.15) is 21.6 Å². The first-order valence-electron chi connectivity index (χ1n) is 6.67. The fraction of sp³-hybridized carbons (Fsp3) is 0.125. The van der Waals surface area contributed by atoms with E-state index in [0.29, 0.717) is 16.0 Å². The molecule has 1 unspecified atom stereocenters. The van der Waals surface area contributed by atoms with Crippen molar-refractivity contribution in [2.24, 2.45) is 7.05 Å². The summed E-state index contributed by atoms with van der Waals surface area (Å²) in [6, 6.07) is 12.7. The Morgan fingerprint density at radius 1 is 1.22 bits per heavy atom. The zero-order valence-electron chi connectivity index (χ0n) is 12.5. The lowest BCUT2D eigenvalue weighted by Crippen LogP contribution is -3.00. The Morgan fingerprint density at radius 3 is 2.61 bits per heavy atom. The van der Waals surface area contributed by atoms with E-state index in [-0.39, 0.29) is 23.9 Å². The minimum atomic E-state index is -0.618. The number of hydrogen-bond donors (Lipinski definition) is 1. The van der Waals surface area contributed by atoms with E-state index in [1.54, 1.807) is 36.3 Å². The first-order valence-corrected chi connectivity index (χ1v) is 8.23. The number of fused-ring (bicyclic) bond motifs is 1. The Bertz CT molecular complexity index is 947. The molecule has 4 nitrogen and oxygen atoms in total. The Balaban J connectivity index is 0.00000192. The molecule has 0 saturated heterocycles. The zero-order chi connectivity index (χ0) is 15.9. The second-order valence-electron chi connectivity index (χ2n) is 4.80. The third kappa shape index (κ3) is 2.87. The summed E-state index contributed by atoms with van der Waals surface area (Å²) < 4.78 is 2.57. The lowest BCUT2D eigenvalue weighted by atomic mass is 10.2. The highest BCUT2D eigenvalue weighted by Gasteiger charge is 2.28. The largest absolute Gasteiger partial charge is 1.00 e. The van der Waals surface area contributed by atoms with Crippen molar-refractivity contribution in [2.45, 2.75) is 0 Å². The van der Waals surface area contributed by atoms with Gasteiger partial charge in [-0.05, 0) is 18.2 Å². The van der Waals surface area contributed by atoms with E-state index in [1.807, 2.05) is 24.3 Å². The topological polar surface area (TPSA) is 51.1 Å². The van der Waals surface area contributed by atoms with Crippen LogP contribution >= 0.6 is 22.3 Å². The van der Waals surface area contributed by atoms with E-state index in [9.17, 15) is 9.59 Å². The summed E-state index contributed by atoms with van der Waals surface area (Å²) in [5.74, 6) is -0.161. The van der Waals surface area contributed by atoms with Gasteiger partial charge in [0.25, 0.3) is 5.91 Å². The van der Waals surface area contributed by atoms with Crippen molar-refractivity contribution in [2.75, 3.05) is 7.05 Å². The average Bonchev–Trinajstić information content (AvgIpc) is 2.78. The number of halogens is 2. The highest BCUT2D eigenvalue weighted by atomic mass is 35.5. The summed E-state index contributed by atoms with van der Waals surface area (Å²) in [6.45, 7) is 0. The number of hydrogen-bond acceptors (Lipinski definition) is 2. The highest BCUT2D eigenvalue weighted by molar-refractivity contribution is 7.41. The summed E-state index contributed by atoms with van der Waals surface area (Å²) in [5, 5.41) is 3.78. The number of carbonyl (C=O) groups excluding carboxylic acids is 1. The van der Waals surface area contributed by atoms with Gasteiger partial charge in [-0.1, -0.05) is 23.7 Å². The molecule has 23 heavy (non-hydrogen) atoms. The van der Waals surface area contributed by atoms with Gasteiger partial charge in [-0.3, -0.25) is 9.59 Å². The van der Waals surface area contributed by atoms with Crippen LogP contribution in [0, 0.1) is 0 Å². The van der Waals surface area contributed by atoms with Gasteiger partial charge in [-0.15, -0.1) is 3.96 Å². The minimum absolute atomic E-state index is 0. The molecule has 0 bridgehead atoms. The Labute approximate surface area is 147 Å². The molecular formula is C16H14Cl2N2O2S. The van der Waals surface area contributed by atoms with Crippen LogP contribution in [0.15, 0.2) is 47.3 Å². The molecule has 1 aromatic heterocycles. The predicted octanol–water partition coefficient (Wildman–Crippen LogP) is 0.294. The molecule has 0 aliphatic rings. The van der Waals surface area contributed by atoms with Crippen LogP contribution < -0.4 is 23.3 Å². The summed E-state index contributed by atoms with van der Waals surface area (Å²) in [6.07, 6.45) is 0. The van der Waals surface area contributed by atoms with E-state index in [2.05, 4.69) is 5.32 Å². The molecule has 120 valence electrons. The second kappa shape index (κ2) is 6.74. The molecule has 7 heteroatoms. The zero-order valence-corrected chi connectivity index (χ0v) is 14.8. The third-order valence-electron chi connectivity index (χ3n) is 3.51. The van der Waals surface area contributed by atoms with E-state index in [0.717, 1.165) is 9.60 Å². The quantitative estimate of drug-likeness (QED) is 0.661. The van der Waals surface area contributed by atoms with E-state index < -0.39 is 10.7 Å². The number of rotatable bonds is 2. The Kier molecular flexibility index (Phi) is 5.14. The van der Waals surface area contributed by atoms with Crippen molar-refractivity contribution >= 4 is 38.3 Å². The van der Waals surface area contributed by atoms with Crippen LogP contribution in [0.25, 0.3) is 15.0 Å². The van der Waals surface area contributed by atoms with E-state index >= 15 is 0 Å². The molecule has 0 aliphatic heterocycles. The van der Waals surface area contributed by atoms with Crippen LogP contribution in [0.5, 0.6) is 0 Å². The molecule has 1 heterocycles. The second-order valence-corrected chi connectivity index (χ2v) is 7.24. The van der Waals surface area contributed by atoms with Crippen LogP contribution in [0.3, 0.4) is 0 Å². The van der Waals surface area contributed by atoms with Crippen molar-refractivity contribution in [1.29, 1.82) is 0 Å². The van der Waals surface area contributed by atoms with Gasteiger partial charge in [0.05, 0.1) is 7.05 Å². The molecule has 2 aromatic carbocycles. The van der Waals surface area contributed by atoms with Crippen molar-refractivity contribution in [3.63, 3.8) is 0 Å². The molecular weight excluding hydrogens is 355 g/mol. The van der Waals surface area contributed by atoms with Gasteiger partial charge in [0.2, 0.25) is 9.60 Å². The van der Waals surface area contributed by atoms with E-state index in [4.69, 9.17) is 11.6 Å². The molecule has 3 aromatic rings. The smallest absolute Gasteiger partial charge is 0.304 e. The lowest BCUT2D eigenvalue weighted by Gasteiger charge is -2.02. The van der Waals surface area contributed by atoms with Crippen molar-refractivity contribution in [3.8, 4) is 4.90 Å². The lowest BCUT2D eigenvalue weighted by molar-refractivity contribution is -0.0000125. The van der Waals surface area contributed by atoms with Crippen LogP contribution in [0.4, 0.5) is 0 Å². The SMILES string of the molecule is CNC(=O)c1ccccc1-[s+]1c2ccc(Cl)cc2c(=O)n1C.[Cl-]. The number of benzene rings is 2. The number of carbonyl (C=O) groups is 1. The van der Waals surface area contributed by atoms with Crippen LogP contribution in [-0.4, -0.2) is 16.9 Å². The highest BCUT2D eigenvalue weighted by Crippen LogP contribution is 2.39. The summed E-state index contributed by atoms with van der Waals surface area (Å²) in [4.78, 5) is 25.4. The fourth-order valence-electron chi connectivity index (χ4n) is 2.46. The van der Waals surface area contributed by atoms with Crippen LogP contribution in [-0.2, 0) is 7.05 Å². The molecule has 0 spiro atoms. The summed E-state index contributed by atoms with van der Waals surface area (Å²) in [5.41, 5.74) is 0.503. The molecule has 3 rings (SSSR count). The maximum absolute atomic E-state index is 12.5. The molecule has 0 fully saturated rings. The van der Waals surface area contributed by atoms with Crippen molar-refractivity contribution in [3.05, 3.63) is 63.4 Å². The van der Waals surface area contributed by atoms with Gasteiger partial charge >= 0.3 is 5.56 Å². The van der Waals surface area contributed by atoms with Gasteiger partial charge < -0.3 is 17.7 Å². The van der Waals surface area contributed by atoms with Gasteiger partial charge in [-0.25, -0.2) is 0 Å². The molecule has 0 saturated carbocycles.